The van der Waals surface area contributed by atoms with Gasteiger partial charge in [0.2, 0.25) is 0 Å². The van der Waals surface area contributed by atoms with Gasteiger partial charge in [-0.1, -0.05) is 31.5 Å². The molecule has 0 saturated heterocycles. The van der Waals surface area contributed by atoms with Gasteiger partial charge in [0, 0.05) is 40.9 Å². The molecule has 4 rings (SSSR count). The molecule has 6 nitrogen and oxygen atoms in total. The molecule has 1 aromatic carbocycles. The molecule has 162 valence electrons. The number of carbonyl (C=O) groups excluding carboxylic acids is 1. The Labute approximate surface area is 187 Å². The summed E-state index contributed by atoms with van der Waals surface area (Å²) in [5, 5.41) is 10.0. The monoisotopic (exact) mass is 436 g/mol. The SMILES string of the molecule is COc1ccc(C(C)=O)cc1CSc1nnc(-c2cccnc2)n1[C@@H]1CCCC[C@H]1C. The lowest BCUT2D eigenvalue weighted by Crippen LogP contribution is -2.22. The minimum absolute atomic E-state index is 0.0481. The van der Waals surface area contributed by atoms with Crippen LogP contribution < -0.4 is 4.74 Å². The summed E-state index contributed by atoms with van der Waals surface area (Å²) >= 11 is 1.64. The molecular formula is C24H28N4O2S. The zero-order valence-corrected chi connectivity index (χ0v) is 19.1. The predicted molar refractivity (Wildman–Crippen MR) is 122 cm³/mol. The first-order valence-corrected chi connectivity index (χ1v) is 11.7. The molecule has 3 aromatic rings. The molecule has 2 aromatic heterocycles. The first-order valence-electron chi connectivity index (χ1n) is 10.7. The van der Waals surface area contributed by atoms with Crippen LogP contribution in [0.15, 0.2) is 47.9 Å². The van der Waals surface area contributed by atoms with Crippen molar-refractivity contribution < 1.29 is 9.53 Å². The maximum atomic E-state index is 11.8. The highest BCUT2D eigenvalue weighted by molar-refractivity contribution is 7.98. The van der Waals surface area contributed by atoms with Crippen LogP contribution in [0.2, 0.25) is 0 Å². The van der Waals surface area contributed by atoms with E-state index < -0.39 is 0 Å². The maximum absolute atomic E-state index is 11.8. The smallest absolute Gasteiger partial charge is 0.192 e. The number of rotatable bonds is 7. The Balaban J connectivity index is 1.68. The molecule has 1 fully saturated rings. The molecule has 0 unspecified atom stereocenters. The first-order chi connectivity index (χ1) is 15.1. The lowest BCUT2D eigenvalue weighted by atomic mass is 9.85. The van der Waals surface area contributed by atoms with Gasteiger partial charge in [-0.05, 0) is 56.0 Å². The summed E-state index contributed by atoms with van der Waals surface area (Å²) in [6.07, 6.45) is 8.47. The molecule has 0 bridgehead atoms. The zero-order valence-electron chi connectivity index (χ0n) is 18.2. The highest BCUT2D eigenvalue weighted by atomic mass is 32.2. The van der Waals surface area contributed by atoms with Gasteiger partial charge >= 0.3 is 0 Å². The van der Waals surface area contributed by atoms with Gasteiger partial charge in [0.05, 0.1) is 7.11 Å². The van der Waals surface area contributed by atoms with Crippen LogP contribution in [-0.2, 0) is 5.75 Å². The van der Waals surface area contributed by atoms with Crippen molar-refractivity contribution in [3.63, 3.8) is 0 Å². The van der Waals surface area contributed by atoms with Gasteiger partial charge in [0.1, 0.15) is 5.75 Å². The Morgan fingerprint density at radius 1 is 1.23 bits per heavy atom. The molecule has 1 aliphatic rings. The van der Waals surface area contributed by atoms with Gasteiger partial charge in [-0.15, -0.1) is 10.2 Å². The highest BCUT2D eigenvalue weighted by Crippen LogP contribution is 2.40. The van der Waals surface area contributed by atoms with Gasteiger partial charge in [0.15, 0.2) is 16.8 Å². The molecule has 0 amide bonds. The number of pyridine rings is 1. The first kappa shape index (κ1) is 21.6. The van der Waals surface area contributed by atoms with Crippen molar-refractivity contribution in [1.82, 2.24) is 19.7 Å². The number of aromatic nitrogens is 4. The van der Waals surface area contributed by atoms with Gasteiger partial charge in [-0.25, -0.2) is 0 Å². The number of benzene rings is 1. The number of ketones is 1. The number of methoxy groups -OCH3 is 1. The van der Waals surface area contributed by atoms with Crippen LogP contribution in [0.4, 0.5) is 0 Å². The third kappa shape index (κ3) is 4.66. The van der Waals surface area contributed by atoms with Crippen molar-refractivity contribution in [2.24, 2.45) is 5.92 Å². The average molecular weight is 437 g/mol. The van der Waals surface area contributed by atoms with Crippen molar-refractivity contribution in [2.75, 3.05) is 7.11 Å². The summed E-state index contributed by atoms with van der Waals surface area (Å²) in [6.45, 7) is 3.91. The van der Waals surface area contributed by atoms with E-state index in [0.29, 0.717) is 23.3 Å². The highest BCUT2D eigenvalue weighted by Gasteiger charge is 2.28. The molecule has 1 saturated carbocycles. The Bertz CT molecular complexity index is 1050. The van der Waals surface area contributed by atoms with Crippen molar-refractivity contribution in [1.29, 1.82) is 0 Å². The fourth-order valence-electron chi connectivity index (χ4n) is 4.30. The Morgan fingerprint density at radius 3 is 2.77 bits per heavy atom. The van der Waals surface area contributed by atoms with Crippen LogP contribution in [0.5, 0.6) is 5.75 Å². The summed E-state index contributed by atoms with van der Waals surface area (Å²) < 4.78 is 7.84. The molecule has 2 atom stereocenters. The second-order valence-electron chi connectivity index (χ2n) is 8.12. The van der Waals surface area contributed by atoms with Gasteiger partial charge in [0.25, 0.3) is 0 Å². The summed E-state index contributed by atoms with van der Waals surface area (Å²) in [7, 11) is 1.66. The lowest BCUT2D eigenvalue weighted by molar-refractivity contribution is 0.101. The number of hydrogen-bond donors (Lipinski definition) is 0. The largest absolute Gasteiger partial charge is 0.496 e. The Morgan fingerprint density at radius 2 is 2.06 bits per heavy atom. The number of Topliss-reactive ketones (excluding diaryl/α,β-unsaturated/α-hetero) is 1. The number of hydrogen-bond acceptors (Lipinski definition) is 6. The van der Waals surface area contributed by atoms with Crippen LogP contribution in [0.3, 0.4) is 0 Å². The van der Waals surface area contributed by atoms with Crippen LogP contribution in [-0.4, -0.2) is 32.6 Å². The summed E-state index contributed by atoms with van der Waals surface area (Å²) in [5.74, 6) is 2.92. The minimum atomic E-state index is 0.0481. The van der Waals surface area contributed by atoms with Crippen molar-refractivity contribution >= 4 is 17.5 Å². The molecule has 7 heteroatoms. The van der Waals surface area contributed by atoms with E-state index >= 15 is 0 Å². The standard InChI is InChI=1S/C24H28N4O2S/c1-16-7-4-5-9-21(16)28-23(19-8-6-12-25-14-19)26-27-24(28)31-15-20-13-18(17(2)29)10-11-22(20)30-3/h6,8,10-14,16,21H,4-5,7,9,15H2,1-3H3/t16-,21-/m1/s1. The Hall–Kier alpha value is -2.67. The number of ether oxygens (including phenoxy) is 1. The third-order valence-electron chi connectivity index (χ3n) is 6.03. The minimum Gasteiger partial charge on any atom is -0.496 e. The molecule has 0 radical (unpaired) electrons. The van der Waals surface area contributed by atoms with Gasteiger partial charge < -0.3 is 4.74 Å². The molecule has 2 heterocycles. The van der Waals surface area contributed by atoms with E-state index in [0.717, 1.165) is 34.3 Å². The number of carbonyl (C=O) groups is 1. The van der Waals surface area contributed by atoms with E-state index in [9.17, 15) is 4.79 Å². The fraction of sp³-hybridized carbons (Fsp3) is 0.417. The van der Waals surface area contributed by atoms with Crippen molar-refractivity contribution in [2.45, 2.75) is 56.5 Å². The number of nitrogens with zero attached hydrogens (tertiary/aromatic N) is 4. The normalized spacial score (nSPS) is 18.7. The van der Waals surface area contributed by atoms with Crippen molar-refractivity contribution in [3.05, 3.63) is 53.9 Å². The summed E-state index contributed by atoms with van der Waals surface area (Å²) in [6, 6.07) is 9.93. The second kappa shape index (κ2) is 9.64. The maximum Gasteiger partial charge on any atom is 0.192 e. The second-order valence-corrected chi connectivity index (χ2v) is 9.06. The van der Waals surface area contributed by atoms with Crippen molar-refractivity contribution in [3.8, 4) is 17.1 Å². The zero-order chi connectivity index (χ0) is 21.8. The summed E-state index contributed by atoms with van der Waals surface area (Å²) in [5.41, 5.74) is 2.65. The topological polar surface area (TPSA) is 69.9 Å². The molecule has 0 aliphatic heterocycles. The molecule has 1 aliphatic carbocycles. The predicted octanol–water partition coefficient (Wildman–Crippen LogP) is 5.59. The Kier molecular flexibility index (Phi) is 6.70. The van der Waals surface area contributed by atoms with Crippen LogP contribution in [0, 0.1) is 5.92 Å². The van der Waals surface area contributed by atoms with E-state index in [-0.39, 0.29) is 5.78 Å². The van der Waals surface area contributed by atoms with E-state index in [1.807, 2.05) is 36.5 Å². The number of thioether (sulfide) groups is 1. The molecule has 0 N–H and O–H groups in total. The van der Waals surface area contributed by atoms with E-state index in [4.69, 9.17) is 4.74 Å². The van der Waals surface area contributed by atoms with E-state index in [2.05, 4.69) is 26.7 Å². The van der Waals surface area contributed by atoms with Gasteiger partial charge in [-0.2, -0.15) is 0 Å². The molecular weight excluding hydrogens is 408 g/mol. The molecule has 31 heavy (non-hydrogen) atoms. The lowest BCUT2D eigenvalue weighted by Gasteiger charge is -2.31. The van der Waals surface area contributed by atoms with Crippen LogP contribution >= 0.6 is 11.8 Å². The van der Waals surface area contributed by atoms with E-state index in [1.165, 1.54) is 19.3 Å². The van der Waals surface area contributed by atoms with Crippen LogP contribution in [0.25, 0.3) is 11.4 Å². The summed E-state index contributed by atoms with van der Waals surface area (Å²) in [4.78, 5) is 16.1. The average Bonchev–Trinajstić information content (AvgIpc) is 3.22. The fourth-order valence-corrected chi connectivity index (χ4v) is 5.27. The quantitative estimate of drug-likeness (QED) is 0.355. The van der Waals surface area contributed by atoms with Crippen LogP contribution in [0.1, 0.15) is 61.5 Å². The molecule has 0 spiro atoms. The van der Waals surface area contributed by atoms with E-state index in [1.54, 1.807) is 32.0 Å². The third-order valence-corrected chi connectivity index (χ3v) is 7.02. The van der Waals surface area contributed by atoms with Gasteiger partial charge in [-0.3, -0.25) is 14.3 Å².